The molecular weight excluding hydrogens is 722 g/mol. The Morgan fingerprint density at radius 2 is 1.65 bits per heavy atom. The van der Waals surface area contributed by atoms with Gasteiger partial charge < -0.3 is 14.3 Å². The lowest BCUT2D eigenvalue weighted by Crippen LogP contribution is -2.63. The summed E-state index contributed by atoms with van der Waals surface area (Å²) in [7, 11) is 0. The Labute approximate surface area is 338 Å². The number of nitrogens with one attached hydrogen (secondary N) is 2. The first-order valence-corrected chi connectivity index (χ1v) is 18.3. The Bertz CT molecular complexity index is 1830. The number of amides is 3. The maximum atomic E-state index is 13.8. The lowest BCUT2D eigenvalue weighted by atomic mass is 10.0. The Morgan fingerprint density at radius 3 is 2.23 bits per heavy atom. The number of allylic oxidation sites excluding steroid dienone is 1. The number of halogens is 1. The molecule has 2 N–H and O–H groups in total. The molecule has 3 amide bonds. The molecule has 0 aliphatic carbocycles. The van der Waals surface area contributed by atoms with Crippen molar-refractivity contribution < 1.29 is 23.3 Å². The van der Waals surface area contributed by atoms with Crippen molar-refractivity contribution in [3.8, 4) is 37.0 Å². The molecule has 5 rings (SSSR count). The molecule has 0 saturated carbocycles. The van der Waals surface area contributed by atoms with Crippen molar-refractivity contribution in [3.05, 3.63) is 126 Å². The summed E-state index contributed by atoms with van der Waals surface area (Å²) in [6.07, 6.45) is 19.4. The van der Waals surface area contributed by atoms with E-state index < -0.39 is 6.17 Å². The normalized spacial score (nSPS) is 12.4. The minimum atomic E-state index is -0.522. The number of hydrogen-bond donors (Lipinski definition) is 2. The molecule has 0 radical (unpaired) electrons. The summed E-state index contributed by atoms with van der Waals surface area (Å²) in [5, 5.41) is 8.84. The van der Waals surface area contributed by atoms with Gasteiger partial charge in [-0.25, -0.2) is 9.40 Å². The molecule has 1 atom stereocenters. The van der Waals surface area contributed by atoms with Crippen molar-refractivity contribution in [2.24, 2.45) is 4.99 Å². The summed E-state index contributed by atoms with van der Waals surface area (Å²) in [5.74, 6) is -0.609. The molecule has 1 aliphatic rings. The van der Waals surface area contributed by atoms with Crippen molar-refractivity contribution in [1.82, 2.24) is 30.7 Å². The van der Waals surface area contributed by atoms with E-state index in [0.717, 1.165) is 16.7 Å². The highest BCUT2D eigenvalue weighted by Crippen LogP contribution is 2.26. The molecule has 1 aliphatic heterocycles. The standard InChI is InChI=1S/C34H34FN7O4.C3H6.2C2H6.2C2H2/c1-3-29-26(10-7-11-30(29)36-2)18-40-20-32(37-17-24-8-5-4-6-9-24)42(22-33(40)44)34(45)21-41(38-23-43)19-28-16-31(39-46-28)25-12-14-27(35)15-13-25;1-3-2;4*1-2/h3-16,23,32,37H,1-2,17-22H2,(H,38,43);3H,1H2,2H3;2*1-2H3;2*1-2H. The van der Waals surface area contributed by atoms with Gasteiger partial charge in [0, 0.05) is 30.3 Å². The van der Waals surface area contributed by atoms with Crippen LogP contribution < -0.4 is 10.7 Å². The zero-order valence-electron chi connectivity index (χ0n) is 33.7. The summed E-state index contributed by atoms with van der Waals surface area (Å²) >= 11 is 0. The molecule has 57 heavy (non-hydrogen) atoms. The van der Waals surface area contributed by atoms with Gasteiger partial charge in [0.15, 0.2) is 5.76 Å². The van der Waals surface area contributed by atoms with E-state index >= 15 is 0 Å². The number of carbonyl (C=O) groups is 3. The van der Waals surface area contributed by atoms with Crippen molar-refractivity contribution >= 4 is 36.7 Å². The number of hydrogen-bond acceptors (Lipinski definition) is 8. The number of piperazine rings is 1. The summed E-state index contributed by atoms with van der Waals surface area (Å²) in [4.78, 5) is 45.9. The fourth-order valence-electron chi connectivity index (χ4n) is 5.31. The van der Waals surface area contributed by atoms with Crippen LogP contribution in [0.25, 0.3) is 17.3 Å². The Morgan fingerprint density at radius 1 is 1.02 bits per heavy atom. The second kappa shape index (κ2) is 29.7. The van der Waals surface area contributed by atoms with E-state index in [0.29, 0.717) is 42.2 Å². The van der Waals surface area contributed by atoms with Crippen molar-refractivity contribution in [3.63, 3.8) is 0 Å². The summed E-state index contributed by atoms with van der Waals surface area (Å²) < 4.78 is 18.8. The highest BCUT2D eigenvalue weighted by atomic mass is 19.1. The predicted molar refractivity (Wildman–Crippen MR) is 230 cm³/mol. The average molecular weight is 778 g/mol. The van der Waals surface area contributed by atoms with Crippen LogP contribution in [0.3, 0.4) is 0 Å². The number of aliphatic imine (C=N–C) groups is 1. The monoisotopic (exact) mass is 777 g/mol. The summed E-state index contributed by atoms with van der Waals surface area (Å²) in [5.41, 5.74) is 7.02. The molecule has 1 aromatic heterocycles. The number of aromatic nitrogens is 1. The van der Waals surface area contributed by atoms with Crippen LogP contribution in [0.5, 0.6) is 0 Å². The third-order valence-electron chi connectivity index (χ3n) is 7.65. The van der Waals surface area contributed by atoms with E-state index in [1.165, 1.54) is 22.0 Å². The second-order valence-electron chi connectivity index (χ2n) is 11.1. The van der Waals surface area contributed by atoms with Crippen LogP contribution in [0.2, 0.25) is 0 Å². The smallest absolute Gasteiger partial charge is 0.242 e. The van der Waals surface area contributed by atoms with Gasteiger partial charge in [-0.2, -0.15) is 0 Å². The maximum absolute atomic E-state index is 13.8. The number of carbonyl (C=O) groups excluding carboxylic acids is 3. The Balaban J connectivity index is 0.00000261. The number of rotatable bonds is 14. The van der Waals surface area contributed by atoms with E-state index in [1.54, 1.807) is 35.3 Å². The topological polar surface area (TPSA) is 123 Å². The van der Waals surface area contributed by atoms with E-state index in [9.17, 15) is 18.8 Å². The molecule has 1 fully saturated rings. The molecule has 1 unspecified atom stereocenters. The first kappa shape index (κ1) is 50.4. The van der Waals surface area contributed by atoms with Gasteiger partial charge in [0.1, 0.15) is 24.2 Å². The third-order valence-corrected chi connectivity index (χ3v) is 7.65. The van der Waals surface area contributed by atoms with Crippen LogP contribution in [-0.2, 0) is 34.0 Å². The lowest BCUT2D eigenvalue weighted by Gasteiger charge is -2.42. The molecule has 0 bridgehead atoms. The third kappa shape index (κ3) is 16.3. The van der Waals surface area contributed by atoms with Gasteiger partial charge in [0.25, 0.3) is 0 Å². The van der Waals surface area contributed by atoms with Crippen molar-refractivity contribution in [1.29, 1.82) is 0 Å². The minimum Gasteiger partial charge on any atom is -0.359 e. The van der Waals surface area contributed by atoms with Gasteiger partial charge in [-0.1, -0.05) is 94.0 Å². The molecule has 1 saturated heterocycles. The fourth-order valence-corrected chi connectivity index (χ4v) is 5.31. The maximum Gasteiger partial charge on any atom is 0.242 e. The molecule has 12 heteroatoms. The Kier molecular flexibility index (Phi) is 26.3. The Hall–Kier alpha value is -6.60. The molecule has 0 spiro atoms. The van der Waals surface area contributed by atoms with E-state index in [1.807, 2.05) is 83.1 Å². The number of terminal acetylenes is 2. The van der Waals surface area contributed by atoms with Crippen LogP contribution in [0.4, 0.5) is 10.1 Å². The summed E-state index contributed by atoms with van der Waals surface area (Å²) in [6.45, 7) is 21.4. The number of hydrazine groups is 1. The molecule has 3 aromatic carbocycles. The van der Waals surface area contributed by atoms with Crippen molar-refractivity contribution in [2.75, 3.05) is 19.6 Å². The number of nitrogens with zero attached hydrogens (tertiary/aromatic N) is 5. The predicted octanol–water partition coefficient (Wildman–Crippen LogP) is 7.65. The molecule has 2 heterocycles. The van der Waals surface area contributed by atoms with Crippen LogP contribution >= 0.6 is 0 Å². The van der Waals surface area contributed by atoms with E-state index in [2.05, 4.69) is 66.5 Å². The largest absolute Gasteiger partial charge is 0.359 e. The highest BCUT2D eigenvalue weighted by Gasteiger charge is 2.35. The minimum absolute atomic E-state index is 0.0205. The lowest BCUT2D eigenvalue weighted by molar-refractivity contribution is -0.152. The van der Waals surface area contributed by atoms with Gasteiger partial charge in [-0.05, 0) is 55.1 Å². The van der Waals surface area contributed by atoms with Gasteiger partial charge in [0.2, 0.25) is 18.2 Å². The summed E-state index contributed by atoms with van der Waals surface area (Å²) in [6, 6.07) is 22.8. The number of benzene rings is 3. The highest BCUT2D eigenvalue weighted by molar-refractivity contribution is 5.87. The molecule has 11 nitrogen and oxygen atoms in total. The fraction of sp³-hybridized carbons (Fsp3) is 0.267. The molecular formula is C45H56FN7O4. The van der Waals surface area contributed by atoms with E-state index in [4.69, 9.17) is 4.52 Å². The quantitative estimate of drug-likeness (QED) is 0.0444. The van der Waals surface area contributed by atoms with Crippen LogP contribution in [0.15, 0.2) is 108 Å². The van der Waals surface area contributed by atoms with Crippen LogP contribution in [0.1, 0.15) is 57.1 Å². The SMILES string of the molecule is C#C.C#C.C=CC.C=Cc1c(CN2CC(NCc3ccccc3)N(C(=O)CN(Cc3cc(-c4ccc(F)cc4)no3)NC=O)CC2=O)cccc1N=C.CC.CC. The van der Waals surface area contributed by atoms with Crippen LogP contribution in [0, 0.1) is 31.5 Å². The van der Waals surface area contributed by atoms with Gasteiger partial charge in [-0.15, -0.1) is 32.3 Å². The zero-order valence-corrected chi connectivity index (χ0v) is 33.7. The second-order valence-corrected chi connectivity index (χ2v) is 11.1. The van der Waals surface area contributed by atoms with Gasteiger partial charge in [-0.3, -0.25) is 30.1 Å². The first-order valence-electron chi connectivity index (χ1n) is 18.3. The van der Waals surface area contributed by atoms with Gasteiger partial charge in [0.05, 0.1) is 25.3 Å². The molecule has 302 valence electrons. The van der Waals surface area contributed by atoms with E-state index in [-0.39, 0.29) is 43.8 Å². The van der Waals surface area contributed by atoms with Crippen LogP contribution in [-0.4, -0.2) is 70.7 Å². The molecule has 4 aromatic rings. The average Bonchev–Trinajstić information content (AvgIpc) is 3.73. The zero-order chi connectivity index (χ0) is 43.2. The van der Waals surface area contributed by atoms with Gasteiger partial charge >= 0.3 is 0 Å². The first-order chi connectivity index (χ1) is 27.8. The van der Waals surface area contributed by atoms with Crippen molar-refractivity contribution in [2.45, 2.75) is 60.4 Å².